The molecule has 6 heteroatoms. The maximum absolute atomic E-state index is 11.3. The third-order valence-electron chi connectivity index (χ3n) is 1.92. The molecule has 1 amide bonds. The van der Waals surface area contributed by atoms with Gasteiger partial charge < -0.3 is 10.1 Å². The lowest BCUT2D eigenvalue weighted by Gasteiger charge is -2.02. The Morgan fingerprint density at radius 3 is 2.75 bits per heavy atom. The van der Waals surface area contributed by atoms with Crippen LogP contribution in [0.2, 0.25) is 0 Å². The predicted octanol–water partition coefficient (Wildman–Crippen LogP) is 0.452. The topological polar surface area (TPSA) is 89.3 Å². The first-order valence-electron chi connectivity index (χ1n) is 4.57. The number of nitrogens with zero attached hydrogens (tertiary/aromatic N) is 1. The summed E-state index contributed by atoms with van der Waals surface area (Å²) in [6.45, 7) is -0.0839. The molecule has 16 heavy (non-hydrogen) atoms. The van der Waals surface area contributed by atoms with Crippen molar-refractivity contribution >= 4 is 17.9 Å². The van der Waals surface area contributed by atoms with Crippen molar-refractivity contribution in [1.82, 2.24) is 5.32 Å². The van der Waals surface area contributed by atoms with Crippen molar-refractivity contribution in [1.29, 1.82) is 0 Å². The molecule has 1 rings (SSSR count). The van der Waals surface area contributed by atoms with Gasteiger partial charge >= 0.3 is 0 Å². The number of rotatable bonds is 5. The Hall–Kier alpha value is -2.24. The van der Waals surface area contributed by atoms with Crippen molar-refractivity contribution in [3.63, 3.8) is 0 Å². The number of hydrogen-bond acceptors (Lipinski definition) is 4. The second kappa shape index (κ2) is 5.59. The van der Waals surface area contributed by atoms with Crippen LogP contribution in [-0.2, 0) is 16.0 Å². The zero-order valence-corrected chi connectivity index (χ0v) is 8.38. The van der Waals surface area contributed by atoms with Crippen molar-refractivity contribution < 1.29 is 14.5 Å². The Bertz CT molecular complexity index is 417. The number of carbonyl (C=O) groups excluding carboxylic acids is 2. The Kier molecular flexibility index (Phi) is 4.14. The van der Waals surface area contributed by atoms with Crippen LogP contribution in [0.4, 0.5) is 5.69 Å². The fourth-order valence-corrected chi connectivity index (χ4v) is 1.23. The standard InChI is InChI=1S/C10H10N2O4/c13-6-5-11-10(14)7-8-3-1-2-4-9(8)12(15)16/h1-4,6H,5,7H2,(H,11,14). The van der Waals surface area contributed by atoms with Crippen molar-refractivity contribution in [3.05, 3.63) is 39.9 Å². The first-order valence-corrected chi connectivity index (χ1v) is 4.57. The largest absolute Gasteiger partial charge is 0.349 e. The minimum Gasteiger partial charge on any atom is -0.349 e. The third kappa shape index (κ3) is 3.16. The molecule has 0 spiro atoms. The van der Waals surface area contributed by atoms with Gasteiger partial charge in [0.05, 0.1) is 17.9 Å². The van der Waals surface area contributed by atoms with E-state index in [2.05, 4.69) is 5.32 Å². The number of hydrogen-bond donors (Lipinski definition) is 1. The van der Waals surface area contributed by atoms with E-state index in [0.29, 0.717) is 11.8 Å². The summed E-state index contributed by atoms with van der Waals surface area (Å²) in [6.07, 6.45) is 0.447. The van der Waals surface area contributed by atoms with Gasteiger partial charge in [0.15, 0.2) is 0 Å². The molecule has 0 aliphatic carbocycles. The van der Waals surface area contributed by atoms with E-state index in [1.165, 1.54) is 18.2 Å². The zero-order valence-electron chi connectivity index (χ0n) is 8.38. The van der Waals surface area contributed by atoms with E-state index in [9.17, 15) is 19.7 Å². The van der Waals surface area contributed by atoms with E-state index in [1.807, 2.05) is 0 Å². The molecule has 0 atom stereocenters. The summed E-state index contributed by atoms with van der Waals surface area (Å²) >= 11 is 0. The highest BCUT2D eigenvalue weighted by Crippen LogP contribution is 2.17. The number of nitro benzene ring substituents is 1. The lowest BCUT2D eigenvalue weighted by molar-refractivity contribution is -0.385. The van der Waals surface area contributed by atoms with Crippen LogP contribution in [0.25, 0.3) is 0 Å². The molecule has 0 fully saturated rings. The number of aldehydes is 1. The number of amides is 1. The fourth-order valence-electron chi connectivity index (χ4n) is 1.23. The molecule has 0 saturated carbocycles. The van der Waals surface area contributed by atoms with Crippen molar-refractivity contribution in [2.75, 3.05) is 6.54 Å². The summed E-state index contributed by atoms with van der Waals surface area (Å²) in [4.78, 5) is 31.4. The van der Waals surface area contributed by atoms with Gasteiger partial charge in [-0.3, -0.25) is 14.9 Å². The van der Waals surface area contributed by atoms with E-state index < -0.39 is 10.8 Å². The first-order chi connectivity index (χ1) is 7.65. The number of nitrogens with one attached hydrogen (secondary N) is 1. The zero-order chi connectivity index (χ0) is 12.0. The summed E-state index contributed by atoms with van der Waals surface area (Å²) in [5.41, 5.74) is 0.236. The number of nitro groups is 1. The van der Waals surface area contributed by atoms with E-state index in [-0.39, 0.29) is 18.7 Å². The highest BCUT2D eigenvalue weighted by molar-refractivity contribution is 5.81. The Morgan fingerprint density at radius 2 is 2.12 bits per heavy atom. The molecule has 0 radical (unpaired) electrons. The SMILES string of the molecule is O=CCNC(=O)Cc1ccccc1[N+](=O)[O-]. The van der Waals surface area contributed by atoms with E-state index >= 15 is 0 Å². The van der Waals surface area contributed by atoms with Crippen LogP contribution in [0, 0.1) is 10.1 Å². The van der Waals surface area contributed by atoms with Gasteiger partial charge in [-0.05, 0) is 0 Å². The van der Waals surface area contributed by atoms with E-state index in [4.69, 9.17) is 0 Å². The van der Waals surface area contributed by atoms with Crippen LogP contribution in [0.1, 0.15) is 5.56 Å². The molecule has 1 aromatic carbocycles. The smallest absolute Gasteiger partial charge is 0.273 e. The highest BCUT2D eigenvalue weighted by atomic mass is 16.6. The summed E-state index contributed by atoms with van der Waals surface area (Å²) in [5.74, 6) is -0.415. The molecule has 0 aliphatic heterocycles. The molecule has 1 N–H and O–H groups in total. The molecular weight excluding hydrogens is 212 g/mol. The van der Waals surface area contributed by atoms with Crippen molar-refractivity contribution in [2.45, 2.75) is 6.42 Å². The first kappa shape index (κ1) is 11.8. The summed E-state index contributed by atoms with van der Waals surface area (Å²) < 4.78 is 0. The predicted molar refractivity (Wildman–Crippen MR) is 55.9 cm³/mol. The minimum atomic E-state index is -0.539. The molecular formula is C10H10N2O4. The molecule has 0 aromatic heterocycles. The molecule has 0 aliphatic rings. The summed E-state index contributed by atoms with van der Waals surface area (Å²) in [5, 5.41) is 13.0. The van der Waals surface area contributed by atoms with Crippen LogP contribution < -0.4 is 5.32 Å². The molecule has 0 bridgehead atoms. The molecule has 0 unspecified atom stereocenters. The maximum atomic E-state index is 11.3. The van der Waals surface area contributed by atoms with Crippen molar-refractivity contribution in [2.24, 2.45) is 0 Å². The second-order valence-corrected chi connectivity index (χ2v) is 3.03. The van der Waals surface area contributed by atoms with Gasteiger partial charge in [-0.2, -0.15) is 0 Å². The highest BCUT2D eigenvalue weighted by Gasteiger charge is 2.14. The van der Waals surface area contributed by atoms with Gasteiger partial charge in [-0.25, -0.2) is 0 Å². The van der Waals surface area contributed by atoms with E-state index in [0.717, 1.165) is 0 Å². The Balaban J connectivity index is 2.76. The van der Waals surface area contributed by atoms with Crippen LogP contribution in [0.3, 0.4) is 0 Å². The monoisotopic (exact) mass is 222 g/mol. The number of carbonyl (C=O) groups is 2. The molecule has 0 heterocycles. The lowest BCUT2D eigenvalue weighted by Crippen LogP contribution is -2.26. The van der Waals surface area contributed by atoms with Gasteiger partial charge in [0.25, 0.3) is 5.69 Å². The van der Waals surface area contributed by atoms with E-state index in [1.54, 1.807) is 6.07 Å². The minimum absolute atomic E-state index is 0.0839. The average Bonchev–Trinajstić information content (AvgIpc) is 2.27. The molecule has 0 saturated heterocycles. The quantitative estimate of drug-likeness (QED) is 0.445. The summed E-state index contributed by atoms with van der Waals surface area (Å²) in [6, 6.07) is 6.00. The van der Waals surface area contributed by atoms with Gasteiger partial charge in [0.1, 0.15) is 6.29 Å². The van der Waals surface area contributed by atoms with Gasteiger partial charge in [-0.15, -0.1) is 0 Å². The Morgan fingerprint density at radius 1 is 1.44 bits per heavy atom. The van der Waals surface area contributed by atoms with Crippen LogP contribution in [0.15, 0.2) is 24.3 Å². The maximum Gasteiger partial charge on any atom is 0.273 e. The van der Waals surface area contributed by atoms with Gasteiger partial charge in [-0.1, -0.05) is 18.2 Å². The summed E-state index contributed by atoms with van der Waals surface area (Å²) in [7, 11) is 0. The van der Waals surface area contributed by atoms with Gasteiger partial charge in [0.2, 0.25) is 5.91 Å². The number of para-hydroxylation sites is 1. The molecule has 84 valence electrons. The normalized spacial score (nSPS) is 9.50. The molecule has 6 nitrogen and oxygen atoms in total. The Labute approximate surface area is 91.4 Å². The lowest BCUT2D eigenvalue weighted by atomic mass is 10.1. The van der Waals surface area contributed by atoms with Crippen molar-refractivity contribution in [3.8, 4) is 0 Å². The van der Waals surface area contributed by atoms with Crippen LogP contribution >= 0.6 is 0 Å². The fraction of sp³-hybridized carbons (Fsp3) is 0.200. The average molecular weight is 222 g/mol. The van der Waals surface area contributed by atoms with Crippen LogP contribution in [0.5, 0.6) is 0 Å². The van der Waals surface area contributed by atoms with Crippen LogP contribution in [-0.4, -0.2) is 23.7 Å². The number of benzene rings is 1. The van der Waals surface area contributed by atoms with Gasteiger partial charge in [0, 0.05) is 11.6 Å². The molecule has 1 aromatic rings. The third-order valence-corrected chi connectivity index (χ3v) is 1.92. The second-order valence-electron chi connectivity index (χ2n) is 3.03.